The van der Waals surface area contributed by atoms with Crippen LogP contribution in [-0.2, 0) is 10.2 Å². The third-order valence-electron chi connectivity index (χ3n) is 4.88. The molecule has 27 heavy (non-hydrogen) atoms. The van der Waals surface area contributed by atoms with E-state index >= 15 is 0 Å². The zero-order valence-corrected chi connectivity index (χ0v) is 16.2. The Balaban J connectivity index is 0.00000261. The molecule has 1 aliphatic heterocycles. The summed E-state index contributed by atoms with van der Waals surface area (Å²) in [6, 6.07) is 9.44. The van der Waals surface area contributed by atoms with Crippen molar-refractivity contribution in [3.05, 3.63) is 65.2 Å². The van der Waals surface area contributed by atoms with Gasteiger partial charge in [-0.2, -0.15) is 0 Å². The summed E-state index contributed by atoms with van der Waals surface area (Å²) in [4.78, 5) is 14.6. The molecule has 1 heterocycles. The summed E-state index contributed by atoms with van der Waals surface area (Å²) in [6.45, 7) is 3.50. The average molecular weight is 397 g/mol. The quantitative estimate of drug-likeness (QED) is 0.815. The van der Waals surface area contributed by atoms with Gasteiger partial charge in [0.05, 0.1) is 23.2 Å². The maximum absolute atomic E-state index is 14.5. The van der Waals surface area contributed by atoms with Gasteiger partial charge in [0.15, 0.2) is 0 Å². The van der Waals surface area contributed by atoms with Crippen LogP contribution in [0.3, 0.4) is 0 Å². The molecule has 0 aliphatic carbocycles. The molecule has 4 nitrogen and oxygen atoms in total. The lowest BCUT2D eigenvalue weighted by atomic mass is 9.86. The standard InChI is InChI=1S/C20H22F2N2O2.ClH/c1-20(2)17-14(22)8-5-9-15(17)24(19(20)26)18(16(25)11-23-3)12-6-4-7-13(21)10-12;/h4-10,16,18,23,25H,11H2,1-3H3;1H/t16-,18+;/m1./s1. The van der Waals surface area contributed by atoms with Crippen LogP contribution >= 0.6 is 12.4 Å². The largest absolute Gasteiger partial charge is 0.389 e. The number of nitrogens with zero attached hydrogens (tertiary/aromatic N) is 1. The number of carbonyl (C=O) groups excluding carboxylic acids is 1. The minimum atomic E-state index is -1.08. The first-order chi connectivity index (χ1) is 12.3. The highest BCUT2D eigenvalue weighted by molar-refractivity contribution is 6.08. The lowest BCUT2D eigenvalue weighted by Crippen LogP contribution is -2.45. The van der Waals surface area contributed by atoms with E-state index in [1.807, 2.05) is 0 Å². The van der Waals surface area contributed by atoms with Gasteiger partial charge in [0.25, 0.3) is 0 Å². The Bertz CT molecular complexity index is 844. The minimum Gasteiger partial charge on any atom is -0.389 e. The third kappa shape index (κ3) is 3.57. The summed E-state index contributed by atoms with van der Waals surface area (Å²) in [5, 5.41) is 13.6. The van der Waals surface area contributed by atoms with E-state index in [4.69, 9.17) is 0 Å². The van der Waals surface area contributed by atoms with Gasteiger partial charge in [-0.15, -0.1) is 12.4 Å². The Morgan fingerprint density at radius 3 is 2.48 bits per heavy atom. The number of amides is 1. The number of fused-ring (bicyclic) bond motifs is 1. The molecular weight excluding hydrogens is 374 g/mol. The second-order valence-corrected chi connectivity index (χ2v) is 7.06. The molecule has 0 saturated carbocycles. The van der Waals surface area contributed by atoms with Crippen molar-refractivity contribution in [3.63, 3.8) is 0 Å². The summed E-state index contributed by atoms with van der Waals surface area (Å²) in [5.41, 5.74) is 0.0764. The molecule has 0 aromatic heterocycles. The van der Waals surface area contributed by atoms with Gasteiger partial charge in [0.1, 0.15) is 11.6 Å². The Kier molecular flexibility index (Phi) is 6.24. The number of benzene rings is 2. The first-order valence-corrected chi connectivity index (χ1v) is 8.49. The predicted molar refractivity (Wildman–Crippen MR) is 103 cm³/mol. The first kappa shape index (κ1) is 21.3. The number of halogens is 3. The van der Waals surface area contributed by atoms with Crippen LogP contribution in [0.15, 0.2) is 42.5 Å². The van der Waals surface area contributed by atoms with Gasteiger partial charge in [-0.25, -0.2) is 8.78 Å². The van der Waals surface area contributed by atoms with Crippen LogP contribution in [0.5, 0.6) is 0 Å². The van der Waals surface area contributed by atoms with Crippen molar-refractivity contribution in [3.8, 4) is 0 Å². The SMILES string of the molecule is CNC[C@@H](O)[C@H](c1cccc(F)c1)N1C(=O)C(C)(C)c2c(F)cccc21.Cl. The van der Waals surface area contributed by atoms with Crippen LogP contribution in [0.2, 0.25) is 0 Å². The Morgan fingerprint density at radius 1 is 1.19 bits per heavy atom. The molecule has 0 saturated heterocycles. The number of likely N-dealkylation sites (N-methyl/N-ethyl adjacent to an activating group) is 1. The van der Waals surface area contributed by atoms with Crippen LogP contribution < -0.4 is 10.2 Å². The van der Waals surface area contributed by atoms with Crippen molar-refractivity contribution in [1.29, 1.82) is 0 Å². The monoisotopic (exact) mass is 396 g/mol. The minimum absolute atomic E-state index is 0. The highest BCUT2D eigenvalue weighted by atomic mass is 35.5. The predicted octanol–water partition coefficient (Wildman–Crippen LogP) is 3.33. The Labute approximate surface area is 163 Å². The number of aliphatic hydroxyl groups excluding tert-OH is 1. The summed E-state index contributed by atoms with van der Waals surface area (Å²) < 4.78 is 28.3. The van der Waals surface area contributed by atoms with Crippen LogP contribution in [0.25, 0.3) is 0 Å². The molecule has 2 N–H and O–H groups in total. The van der Waals surface area contributed by atoms with Crippen molar-refractivity contribution in [2.24, 2.45) is 0 Å². The van der Waals surface area contributed by atoms with Crippen LogP contribution in [-0.4, -0.2) is 30.7 Å². The zero-order valence-electron chi connectivity index (χ0n) is 15.4. The number of aliphatic hydroxyl groups is 1. The number of nitrogens with one attached hydrogen (secondary N) is 1. The maximum Gasteiger partial charge on any atom is 0.237 e. The number of anilines is 1. The van der Waals surface area contributed by atoms with E-state index < -0.39 is 29.2 Å². The third-order valence-corrected chi connectivity index (χ3v) is 4.88. The molecule has 7 heteroatoms. The summed E-state index contributed by atoms with van der Waals surface area (Å²) in [5.74, 6) is -1.26. The molecule has 146 valence electrons. The second-order valence-electron chi connectivity index (χ2n) is 7.06. The topological polar surface area (TPSA) is 52.6 Å². The summed E-state index contributed by atoms with van der Waals surface area (Å²) >= 11 is 0. The van der Waals surface area contributed by atoms with Gasteiger partial charge in [-0.3, -0.25) is 4.79 Å². The number of rotatable bonds is 5. The van der Waals surface area contributed by atoms with E-state index in [1.165, 1.54) is 35.2 Å². The second kappa shape index (κ2) is 7.92. The van der Waals surface area contributed by atoms with E-state index in [-0.39, 0.29) is 24.9 Å². The zero-order chi connectivity index (χ0) is 19.1. The van der Waals surface area contributed by atoms with Crippen LogP contribution in [0.1, 0.15) is 31.0 Å². The van der Waals surface area contributed by atoms with Crippen molar-refractivity contribution < 1.29 is 18.7 Å². The fourth-order valence-electron chi connectivity index (χ4n) is 3.68. The van der Waals surface area contributed by atoms with E-state index in [0.29, 0.717) is 16.8 Å². The Morgan fingerprint density at radius 2 is 1.85 bits per heavy atom. The fourth-order valence-corrected chi connectivity index (χ4v) is 3.68. The normalized spacial score (nSPS) is 17.3. The van der Waals surface area contributed by atoms with Crippen molar-refractivity contribution in [2.75, 3.05) is 18.5 Å². The van der Waals surface area contributed by atoms with Crippen molar-refractivity contribution in [1.82, 2.24) is 5.32 Å². The number of hydrogen-bond donors (Lipinski definition) is 2. The highest BCUT2D eigenvalue weighted by Crippen LogP contribution is 2.47. The number of carbonyl (C=O) groups is 1. The van der Waals surface area contributed by atoms with E-state index in [0.717, 1.165) is 0 Å². The summed E-state index contributed by atoms with van der Waals surface area (Å²) in [7, 11) is 1.68. The van der Waals surface area contributed by atoms with Crippen LogP contribution in [0.4, 0.5) is 14.5 Å². The molecule has 0 unspecified atom stereocenters. The first-order valence-electron chi connectivity index (χ1n) is 8.49. The van der Waals surface area contributed by atoms with Gasteiger partial charge in [0.2, 0.25) is 5.91 Å². The number of hydrogen-bond acceptors (Lipinski definition) is 3. The molecule has 3 rings (SSSR count). The molecule has 1 aliphatic rings. The van der Waals surface area contributed by atoms with Gasteiger partial charge in [0, 0.05) is 12.1 Å². The van der Waals surface area contributed by atoms with E-state index in [9.17, 15) is 18.7 Å². The highest BCUT2D eigenvalue weighted by Gasteiger charge is 2.49. The van der Waals surface area contributed by atoms with E-state index in [1.54, 1.807) is 33.0 Å². The van der Waals surface area contributed by atoms with Gasteiger partial charge >= 0.3 is 0 Å². The molecule has 2 aromatic rings. The van der Waals surface area contributed by atoms with Crippen molar-refractivity contribution >= 4 is 24.0 Å². The molecule has 0 fully saturated rings. The smallest absolute Gasteiger partial charge is 0.237 e. The van der Waals surface area contributed by atoms with Crippen LogP contribution in [0, 0.1) is 11.6 Å². The fraction of sp³-hybridized carbons (Fsp3) is 0.350. The lowest BCUT2D eigenvalue weighted by Gasteiger charge is -2.33. The molecule has 2 aromatic carbocycles. The molecule has 0 radical (unpaired) electrons. The lowest BCUT2D eigenvalue weighted by molar-refractivity contribution is -0.123. The van der Waals surface area contributed by atoms with Gasteiger partial charge < -0.3 is 15.3 Å². The molecule has 2 atom stereocenters. The Hall–Kier alpha value is -2.02. The summed E-state index contributed by atoms with van der Waals surface area (Å²) in [6.07, 6.45) is -1.00. The van der Waals surface area contributed by atoms with E-state index in [2.05, 4.69) is 5.32 Å². The van der Waals surface area contributed by atoms with Gasteiger partial charge in [-0.05, 0) is 50.7 Å². The molecule has 0 bridgehead atoms. The average Bonchev–Trinajstić information content (AvgIpc) is 2.77. The molecular formula is C20H23ClF2N2O2. The molecule has 0 spiro atoms. The van der Waals surface area contributed by atoms with Crippen molar-refractivity contribution in [2.45, 2.75) is 31.4 Å². The van der Waals surface area contributed by atoms with Gasteiger partial charge in [-0.1, -0.05) is 18.2 Å². The maximum atomic E-state index is 14.5. The molecule has 1 amide bonds.